The van der Waals surface area contributed by atoms with E-state index in [0.29, 0.717) is 5.75 Å². The van der Waals surface area contributed by atoms with Crippen molar-refractivity contribution in [2.75, 3.05) is 13.7 Å². The van der Waals surface area contributed by atoms with Gasteiger partial charge in [-0.15, -0.1) is 17.9 Å². The fourth-order valence-corrected chi connectivity index (χ4v) is 4.39. The standard InChI is InChI=1S/C21H15F4N3O5S/c1-31-19(29)12-4-7-17(27-10-12)34(30)28-20(11-32-16-3-2-8-26-18(16)20)13-5-6-15(14(22)9-13)33-21(23,24)25/h2-10,28H,11H2,1H3/t20-,34?/m1/s1. The first-order chi connectivity index (χ1) is 16.1. The molecule has 1 aromatic carbocycles. The molecule has 178 valence electrons. The highest BCUT2D eigenvalue weighted by Crippen LogP contribution is 2.42. The van der Waals surface area contributed by atoms with Crippen LogP contribution in [0.4, 0.5) is 17.6 Å². The van der Waals surface area contributed by atoms with E-state index in [9.17, 15) is 26.9 Å². The Hall–Kier alpha value is -3.42. The van der Waals surface area contributed by atoms with Crippen molar-refractivity contribution in [2.24, 2.45) is 0 Å². The van der Waals surface area contributed by atoms with Crippen molar-refractivity contribution >= 4 is 17.3 Å². The smallest absolute Gasteiger partial charge is 0.573 e. The van der Waals surface area contributed by atoms with Gasteiger partial charge in [-0.1, -0.05) is 6.07 Å². The zero-order valence-corrected chi connectivity index (χ0v) is 18.1. The lowest BCUT2D eigenvalue weighted by atomic mass is 9.89. The van der Waals surface area contributed by atoms with Crippen LogP contribution in [0, 0.1) is 5.82 Å². The summed E-state index contributed by atoms with van der Waals surface area (Å²) in [5.41, 5.74) is -1.02. The van der Waals surface area contributed by atoms with Crippen molar-refractivity contribution in [2.45, 2.75) is 16.9 Å². The number of benzene rings is 1. The van der Waals surface area contributed by atoms with Gasteiger partial charge in [0.05, 0.1) is 24.0 Å². The van der Waals surface area contributed by atoms with E-state index >= 15 is 0 Å². The SMILES string of the molecule is COC(=O)c1ccc([S+]([O-])N[C@@]2(c3ccc(OC(F)(F)F)c(F)c3)COc3cccnc32)nc1. The minimum atomic E-state index is -5.08. The summed E-state index contributed by atoms with van der Waals surface area (Å²) in [6.45, 7) is -0.190. The third kappa shape index (κ3) is 4.62. The van der Waals surface area contributed by atoms with Crippen molar-refractivity contribution in [3.8, 4) is 11.5 Å². The zero-order chi connectivity index (χ0) is 24.5. The second-order valence-electron chi connectivity index (χ2n) is 6.98. The maximum absolute atomic E-state index is 14.5. The molecule has 0 bridgehead atoms. The topological polar surface area (TPSA) is 106 Å². The third-order valence-corrected chi connectivity index (χ3v) is 6.04. The molecule has 13 heteroatoms. The number of fused-ring (bicyclic) bond motifs is 1. The van der Waals surface area contributed by atoms with Gasteiger partial charge in [0.1, 0.15) is 18.1 Å². The summed E-state index contributed by atoms with van der Waals surface area (Å²) in [5, 5.41) is 0.0221. The van der Waals surface area contributed by atoms with Gasteiger partial charge in [0.2, 0.25) is 0 Å². The Bertz CT molecular complexity index is 1210. The van der Waals surface area contributed by atoms with Crippen LogP contribution in [0.15, 0.2) is 59.9 Å². The Kier molecular flexibility index (Phi) is 6.34. The minimum absolute atomic E-state index is 0.0221. The molecule has 4 rings (SSSR count). The number of hydrogen-bond acceptors (Lipinski definition) is 8. The van der Waals surface area contributed by atoms with E-state index < -0.39 is 40.8 Å². The molecule has 3 heterocycles. The van der Waals surface area contributed by atoms with E-state index in [0.717, 1.165) is 12.1 Å². The first-order valence-electron chi connectivity index (χ1n) is 9.51. The molecule has 1 aliphatic heterocycles. The molecule has 8 nitrogen and oxygen atoms in total. The number of carbonyl (C=O) groups excluding carboxylic acids is 1. The Labute approximate surface area is 193 Å². The Morgan fingerprint density at radius 2 is 2.03 bits per heavy atom. The fourth-order valence-electron chi connectivity index (χ4n) is 3.35. The molecular formula is C21H15F4N3O5S. The van der Waals surface area contributed by atoms with E-state index in [1.54, 1.807) is 12.1 Å². The van der Waals surface area contributed by atoms with Crippen LogP contribution >= 0.6 is 0 Å². The summed E-state index contributed by atoms with van der Waals surface area (Å²) in [6, 6.07) is 8.71. The number of methoxy groups -OCH3 is 1. The summed E-state index contributed by atoms with van der Waals surface area (Å²) in [5.74, 6) is -2.62. The number of rotatable bonds is 6. The van der Waals surface area contributed by atoms with Crippen LogP contribution in [0.5, 0.6) is 11.5 Å². The molecule has 0 saturated carbocycles. The summed E-state index contributed by atoms with van der Waals surface area (Å²) in [4.78, 5) is 19.9. The van der Waals surface area contributed by atoms with Crippen LogP contribution in [0.25, 0.3) is 0 Å². The highest BCUT2D eigenvalue weighted by molar-refractivity contribution is 7.89. The molecule has 3 aromatic rings. The lowest BCUT2D eigenvalue weighted by Crippen LogP contribution is -2.48. The van der Waals surface area contributed by atoms with Crippen molar-refractivity contribution in [1.29, 1.82) is 0 Å². The Morgan fingerprint density at radius 1 is 1.24 bits per heavy atom. The molecular weight excluding hydrogens is 482 g/mol. The van der Waals surface area contributed by atoms with Gasteiger partial charge in [0.15, 0.2) is 17.1 Å². The van der Waals surface area contributed by atoms with Crippen LogP contribution in [0.1, 0.15) is 21.6 Å². The molecule has 0 radical (unpaired) electrons. The molecule has 0 amide bonds. The third-order valence-electron chi connectivity index (χ3n) is 4.88. The number of aromatic nitrogens is 2. The molecule has 0 fully saturated rings. The van der Waals surface area contributed by atoms with Crippen LogP contribution in [0.3, 0.4) is 0 Å². The molecule has 0 spiro atoms. The predicted octanol–water partition coefficient (Wildman–Crippen LogP) is 3.25. The second kappa shape index (κ2) is 9.08. The average Bonchev–Trinajstić information content (AvgIpc) is 3.18. The lowest BCUT2D eigenvalue weighted by Gasteiger charge is -2.28. The van der Waals surface area contributed by atoms with Gasteiger partial charge in [-0.25, -0.2) is 14.2 Å². The molecule has 2 aromatic heterocycles. The first kappa shape index (κ1) is 23.7. The average molecular weight is 497 g/mol. The lowest BCUT2D eigenvalue weighted by molar-refractivity contribution is -0.275. The van der Waals surface area contributed by atoms with Crippen molar-refractivity contribution < 1.29 is 41.1 Å². The maximum atomic E-state index is 14.5. The number of esters is 1. The Balaban J connectivity index is 1.71. The Morgan fingerprint density at radius 3 is 2.68 bits per heavy atom. The van der Waals surface area contributed by atoms with Gasteiger partial charge in [0.25, 0.3) is 5.03 Å². The number of nitrogens with one attached hydrogen (secondary N) is 1. The molecule has 1 aliphatic rings. The van der Waals surface area contributed by atoms with Gasteiger partial charge in [0, 0.05) is 18.5 Å². The van der Waals surface area contributed by atoms with Gasteiger partial charge >= 0.3 is 12.3 Å². The number of hydrogen-bond donors (Lipinski definition) is 1. The van der Waals surface area contributed by atoms with E-state index in [4.69, 9.17) is 4.74 Å². The van der Waals surface area contributed by atoms with E-state index in [1.165, 1.54) is 37.7 Å². The second-order valence-corrected chi connectivity index (χ2v) is 8.14. The van der Waals surface area contributed by atoms with Crippen LogP contribution in [0.2, 0.25) is 0 Å². The quantitative estimate of drug-likeness (QED) is 0.314. The predicted molar refractivity (Wildman–Crippen MR) is 109 cm³/mol. The summed E-state index contributed by atoms with van der Waals surface area (Å²) >= 11 is -2.04. The summed E-state index contributed by atoms with van der Waals surface area (Å²) in [7, 11) is 1.20. The molecule has 1 unspecified atom stereocenters. The van der Waals surface area contributed by atoms with Gasteiger partial charge in [-0.3, -0.25) is 4.98 Å². The van der Waals surface area contributed by atoms with Crippen molar-refractivity contribution in [3.63, 3.8) is 0 Å². The number of pyridine rings is 2. The van der Waals surface area contributed by atoms with E-state index in [-0.39, 0.29) is 28.5 Å². The number of alkyl halides is 3. The van der Waals surface area contributed by atoms with Crippen LogP contribution in [-0.4, -0.2) is 40.6 Å². The number of ether oxygens (including phenoxy) is 3. The van der Waals surface area contributed by atoms with Crippen LogP contribution < -0.4 is 14.2 Å². The highest BCUT2D eigenvalue weighted by Gasteiger charge is 2.48. The molecule has 2 atom stereocenters. The summed E-state index contributed by atoms with van der Waals surface area (Å²) < 4.78 is 82.1. The molecule has 1 N–H and O–H groups in total. The first-order valence-corrected chi connectivity index (χ1v) is 10.7. The normalized spacial score (nSPS) is 18.1. The monoisotopic (exact) mass is 497 g/mol. The van der Waals surface area contributed by atoms with E-state index in [2.05, 4.69) is 24.2 Å². The number of carbonyl (C=O) groups is 1. The number of nitrogens with zero attached hydrogens (tertiary/aromatic N) is 2. The largest absolute Gasteiger partial charge is 0.592 e. The zero-order valence-electron chi connectivity index (χ0n) is 17.3. The van der Waals surface area contributed by atoms with E-state index in [1.807, 2.05) is 0 Å². The molecule has 0 saturated heterocycles. The van der Waals surface area contributed by atoms with Crippen molar-refractivity contribution in [1.82, 2.24) is 14.7 Å². The highest BCUT2D eigenvalue weighted by atomic mass is 32.2. The molecule has 34 heavy (non-hydrogen) atoms. The maximum Gasteiger partial charge on any atom is 0.573 e. The van der Waals surface area contributed by atoms with Gasteiger partial charge in [-0.2, -0.15) is 0 Å². The van der Waals surface area contributed by atoms with Crippen molar-refractivity contribution in [3.05, 3.63) is 77.5 Å². The summed E-state index contributed by atoms with van der Waals surface area (Å²) in [6.07, 6.45) is -2.46. The fraction of sp³-hybridized carbons (Fsp3) is 0.190. The minimum Gasteiger partial charge on any atom is -0.592 e. The van der Waals surface area contributed by atoms with Gasteiger partial charge < -0.3 is 18.8 Å². The van der Waals surface area contributed by atoms with Crippen LogP contribution in [-0.2, 0) is 21.6 Å². The molecule has 0 aliphatic carbocycles. The van der Waals surface area contributed by atoms with Gasteiger partial charge in [-0.05, 0) is 35.9 Å². The number of halogens is 4.